The molecule has 12 heavy (non-hydrogen) atoms. The Bertz CT molecular complexity index is 113. The summed E-state index contributed by atoms with van der Waals surface area (Å²) in [6.45, 7) is 3.80. The van der Waals surface area contributed by atoms with Crippen molar-refractivity contribution in [3.8, 4) is 12.3 Å². The van der Waals surface area contributed by atoms with Gasteiger partial charge in [-0.3, -0.25) is 0 Å². The molecule has 0 aliphatic rings. The molecule has 0 bridgehead atoms. The largest absolute Gasteiger partial charge is 0.382 e. The van der Waals surface area contributed by atoms with Gasteiger partial charge in [0, 0.05) is 19.6 Å². The predicted octanol–water partition coefficient (Wildman–Crippen LogP) is 3.00. The van der Waals surface area contributed by atoms with Gasteiger partial charge >= 0.3 is 0 Å². The first-order valence-corrected chi connectivity index (χ1v) is 4.93. The number of unbranched alkanes of at least 4 members (excludes halogenated alkanes) is 5. The van der Waals surface area contributed by atoms with Gasteiger partial charge in [-0.05, 0) is 19.8 Å². The first-order chi connectivity index (χ1) is 5.91. The zero-order valence-corrected chi connectivity index (χ0v) is 8.14. The fourth-order valence-electron chi connectivity index (χ4n) is 1.11. The summed E-state index contributed by atoms with van der Waals surface area (Å²) in [5.41, 5.74) is 0. The maximum atomic E-state index is 5.23. The van der Waals surface area contributed by atoms with E-state index in [1.807, 2.05) is 6.92 Å². The number of terminal acetylenes is 1. The van der Waals surface area contributed by atoms with Crippen molar-refractivity contribution in [3.63, 3.8) is 0 Å². The van der Waals surface area contributed by atoms with E-state index in [9.17, 15) is 0 Å². The van der Waals surface area contributed by atoms with Crippen molar-refractivity contribution < 1.29 is 4.74 Å². The third kappa shape index (κ3) is 9.52. The van der Waals surface area contributed by atoms with Crippen molar-refractivity contribution in [3.05, 3.63) is 0 Å². The molecule has 0 radical (unpaired) electrons. The summed E-state index contributed by atoms with van der Waals surface area (Å²) < 4.78 is 5.23. The van der Waals surface area contributed by atoms with Crippen molar-refractivity contribution in [2.45, 2.75) is 45.4 Å². The average molecular weight is 168 g/mol. The van der Waals surface area contributed by atoms with Gasteiger partial charge in [-0.25, -0.2) is 0 Å². The maximum absolute atomic E-state index is 5.23. The Morgan fingerprint density at radius 1 is 1.08 bits per heavy atom. The zero-order chi connectivity index (χ0) is 9.07. The van der Waals surface area contributed by atoms with E-state index in [2.05, 4.69) is 5.92 Å². The van der Waals surface area contributed by atoms with Crippen LogP contribution in [0.25, 0.3) is 0 Å². The molecule has 0 unspecified atom stereocenters. The predicted molar refractivity (Wildman–Crippen MR) is 53.0 cm³/mol. The lowest BCUT2D eigenvalue weighted by Gasteiger charge is -2.00. The third-order valence-electron chi connectivity index (χ3n) is 1.81. The summed E-state index contributed by atoms with van der Waals surface area (Å²) in [6, 6.07) is 0. The average Bonchev–Trinajstić information content (AvgIpc) is 2.10. The van der Waals surface area contributed by atoms with E-state index in [1.54, 1.807) is 0 Å². The Kier molecular flexibility index (Phi) is 10.1. The third-order valence-corrected chi connectivity index (χ3v) is 1.81. The van der Waals surface area contributed by atoms with Gasteiger partial charge in [-0.15, -0.1) is 12.3 Å². The number of ether oxygens (including phenoxy) is 1. The molecule has 0 amide bonds. The van der Waals surface area contributed by atoms with E-state index >= 15 is 0 Å². The van der Waals surface area contributed by atoms with Crippen LogP contribution in [0.4, 0.5) is 0 Å². The molecule has 0 rings (SSSR count). The standard InChI is InChI=1S/C11H20O/c1-3-5-6-7-8-9-10-11-12-4-2/h1H,4-11H2,2H3. The van der Waals surface area contributed by atoms with Crippen LogP contribution in [0.2, 0.25) is 0 Å². The SMILES string of the molecule is C#CCCCCCCCOCC. The minimum absolute atomic E-state index is 0.844. The quantitative estimate of drug-likeness (QED) is 0.400. The molecule has 0 aliphatic heterocycles. The van der Waals surface area contributed by atoms with E-state index in [0.717, 1.165) is 19.6 Å². The monoisotopic (exact) mass is 168 g/mol. The molecule has 0 fully saturated rings. The molecule has 0 heterocycles. The van der Waals surface area contributed by atoms with Crippen LogP contribution in [0.1, 0.15) is 45.4 Å². The highest BCUT2D eigenvalue weighted by molar-refractivity contribution is 4.82. The molecular formula is C11H20O. The van der Waals surface area contributed by atoms with E-state index in [-0.39, 0.29) is 0 Å². The lowest BCUT2D eigenvalue weighted by Crippen LogP contribution is -1.92. The minimum atomic E-state index is 0.844. The molecule has 70 valence electrons. The highest BCUT2D eigenvalue weighted by atomic mass is 16.5. The molecule has 0 N–H and O–H groups in total. The molecule has 0 spiro atoms. The summed E-state index contributed by atoms with van der Waals surface area (Å²) in [6.07, 6.45) is 12.3. The van der Waals surface area contributed by atoms with Crippen molar-refractivity contribution >= 4 is 0 Å². The first-order valence-electron chi connectivity index (χ1n) is 4.93. The Balaban J connectivity index is 2.78. The molecular weight excluding hydrogens is 148 g/mol. The summed E-state index contributed by atoms with van der Waals surface area (Å²) in [7, 11) is 0. The Labute approximate surface area is 76.5 Å². The first kappa shape index (κ1) is 11.5. The van der Waals surface area contributed by atoms with Crippen LogP contribution < -0.4 is 0 Å². The van der Waals surface area contributed by atoms with Crippen molar-refractivity contribution in [2.24, 2.45) is 0 Å². The highest BCUT2D eigenvalue weighted by Gasteiger charge is 1.89. The molecule has 0 aromatic carbocycles. The van der Waals surface area contributed by atoms with Gasteiger partial charge in [0.15, 0.2) is 0 Å². The lowest BCUT2D eigenvalue weighted by atomic mass is 10.1. The minimum Gasteiger partial charge on any atom is -0.382 e. The van der Waals surface area contributed by atoms with Crippen LogP contribution in [-0.4, -0.2) is 13.2 Å². The van der Waals surface area contributed by atoms with E-state index in [0.29, 0.717) is 0 Å². The van der Waals surface area contributed by atoms with Crippen molar-refractivity contribution in [1.29, 1.82) is 0 Å². The fraction of sp³-hybridized carbons (Fsp3) is 0.818. The molecule has 0 aromatic rings. The molecule has 0 atom stereocenters. The van der Waals surface area contributed by atoms with Gasteiger partial charge < -0.3 is 4.74 Å². The van der Waals surface area contributed by atoms with Crippen molar-refractivity contribution in [1.82, 2.24) is 0 Å². The lowest BCUT2D eigenvalue weighted by molar-refractivity contribution is 0.143. The Morgan fingerprint density at radius 3 is 2.42 bits per heavy atom. The molecule has 0 aliphatic carbocycles. The van der Waals surface area contributed by atoms with Crippen molar-refractivity contribution in [2.75, 3.05) is 13.2 Å². The topological polar surface area (TPSA) is 9.23 Å². The van der Waals surface area contributed by atoms with E-state index < -0.39 is 0 Å². The number of hydrogen-bond acceptors (Lipinski definition) is 1. The van der Waals surface area contributed by atoms with Gasteiger partial charge in [0.05, 0.1) is 0 Å². The van der Waals surface area contributed by atoms with Gasteiger partial charge in [0.25, 0.3) is 0 Å². The van der Waals surface area contributed by atoms with Gasteiger partial charge in [-0.2, -0.15) is 0 Å². The number of hydrogen-bond donors (Lipinski definition) is 0. The van der Waals surface area contributed by atoms with Gasteiger partial charge in [0.1, 0.15) is 0 Å². The second-order valence-electron chi connectivity index (χ2n) is 2.92. The normalized spacial score (nSPS) is 9.67. The van der Waals surface area contributed by atoms with Crippen LogP contribution in [0.5, 0.6) is 0 Å². The second kappa shape index (κ2) is 10.5. The molecule has 0 saturated heterocycles. The molecule has 1 nitrogen and oxygen atoms in total. The zero-order valence-electron chi connectivity index (χ0n) is 8.14. The summed E-state index contributed by atoms with van der Waals surface area (Å²) >= 11 is 0. The highest BCUT2D eigenvalue weighted by Crippen LogP contribution is 2.04. The van der Waals surface area contributed by atoms with Crippen LogP contribution >= 0.6 is 0 Å². The van der Waals surface area contributed by atoms with Gasteiger partial charge in [-0.1, -0.05) is 19.3 Å². The Hall–Kier alpha value is -0.480. The van der Waals surface area contributed by atoms with E-state index in [1.165, 1.54) is 32.1 Å². The maximum Gasteiger partial charge on any atom is 0.0465 e. The molecule has 0 saturated carbocycles. The van der Waals surface area contributed by atoms with E-state index in [4.69, 9.17) is 11.2 Å². The van der Waals surface area contributed by atoms with Crippen LogP contribution in [0.3, 0.4) is 0 Å². The molecule has 0 aromatic heterocycles. The van der Waals surface area contributed by atoms with Crippen LogP contribution in [-0.2, 0) is 4.74 Å². The summed E-state index contributed by atoms with van der Waals surface area (Å²) in [5.74, 6) is 2.65. The summed E-state index contributed by atoms with van der Waals surface area (Å²) in [5, 5.41) is 0. The second-order valence-corrected chi connectivity index (χ2v) is 2.92. The molecule has 1 heteroatoms. The fourth-order valence-corrected chi connectivity index (χ4v) is 1.11. The Morgan fingerprint density at radius 2 is 1.75 bits per heavy atom. The summed E-state index contributed by atoms with van der Waals surface area (Å²) in [4.78, 5) is 0. The number of rotatable bonds is 8. The van der Waals surface area contributed by atoms with Gasteiger partial charge in [0.2, 0.25) is 0 Å². The smallest absolute Gasteiger partial charge is 0.0465 e. The van der Waals surface area contributed by atoms with Crippen LogP contribution in [0, 0.1) is 12.3 Å². The van der Waals surface area contributed by atoms with Crippen LogP contribution in [0.15, 0.2) is 0 Å².